The molecule has 3 aromatic rings. The summed E-state index contributed by atoms with van der Waals surface area (Å²) in [6.45, 7) is 0. The molecular formula is C20H17NO2S. The summed E-state index contributed by atoms with van der Waals surface area (Å²) < 4.78 is 5.22. The predicted molar refractivity (Wildman–Crippen MR) is 97.8 cm³/mol. The molecule has 1 amide bonds. The molecule has 1 N–H and O–H groups in total. The van der Waals surface area contributed by atoms with Gasteiger partial charge < -0.3 is 10.1 Å². The molecule has 0 radical (unpaired) electrons. The number of benzene rings is 2. The molecule has 2 aromatic carbocycles. The van der Waals surface area contributed by atoms with Crippen LogP contribution < -0.4 is 10.1 Å². The zero-order valence-electron chi connectivity index (χ0n) is 13.3. The van der Waals surface area contributed by atoms with Crippen LogP contribution in [0.4, 0.5) is 5.69 Å². The molecular weight excluding hydrogens is 318 g/mol. The number of hydrogen-bond acceptors (Lipinski definition) is 3. The van der Waals surface area contributed by atoms with Gasteiger partial charge in [-0.25, -0.2) is 0 Å². The van der Waals surface area contributed by atoms with E-state index in [4.69, 9.17) is 4.74 Å². The van der Waals surface area contributed by atoms with Crippen LogP contribution >= 0.6 is 11.3 Å². The SMILES string of the molecule is COc1ccc(-c2csc3c2NC(=O)C[C@H]3c2ccccc2)cc1. The third kappa shape index (κ3) is 2.59. The van der Waals surface area contributed by atoms with Crippen molar-refractivity contribution in [3.05, 3.63) is 70.4 Å². The second-order valence-electron chi connectivity index (χ2n) is 5.83. The summed E-state index contributed by atoms with van der Waals surface area (Å²) in [5.41, 5.74) is 4.31. The molecule has 4 heteroatoms. The zero-order chi connectivity index (χ0) is 16.5. The van der Waals surface area contributed by atoms with E-state index >= 15 is 0 Å². The van der Waals surface area contributed by atoms with E-state index in [0.29, 0.717) is 6.42 Å². The van der Waals surface area contributed by atoms with E-state index in [1.54, 1.807) is 18.4 Å². The molecule has 0 unspecified atom stereocenters. The lowest BCUT2D eigenvalue weighted by Crippen LogP contribution is -2.22. The Morgan fingerprint density at radius 2 is 1.83 bits per heavy atom. The van der Waals surface area contributed by atoms with Crippen LogP contribution in [0.25, 0.3) is 11.1 Å². The molecule has 0 saturated carbocycles. The Bertz CT molecular complexity index is 868. The molecule has 4 rings (SSSR count). The van der Waals surface area contributed by atoms with Crippen LogP contribution in [0.15, 0.2) is 60.0 Å². The summed E-state index contributed by atoms with van der Waals surface area (Å²) >= 11 is 1.72. The quantitative estimate of drug-likeness (QED) is 0.739. The summed E-state index contributed by atoms with van der Waals surface area (Å²) in [7, 11) is 1.66. The van der Waals surface area contributed by atoms with Crippen LogP contribution in [0.1, 0.15) is 22.8 Å². The van der Waals surface area contributed by atoms with Gasteiger partial charge in [-0.1, -0.05) is 42.5 Å². The van der Waals surface area contributed by atoms with Crippen molar-refractivity contribution in [2.45, 2.75) is 12.3 Å². The molecule has 2 heterocycles. The largest absolute Gasteiger partial charge is 0.497 e. The maximum absolute atomic E-state index is 12.3. The number of amides is 1. The van der Waals surface area contributed by atoms with Crippen molar-refractivity contribution in [1.82, 2.24) is 0 Å². The van der Waals surface area contributed by atoms with E-state index in [1.807, 2.05) is 42.5 Å². The standard InChI is InChI=1S/C20H17NO2S/c1-23-15-9-7-14(8-10-15)17-12-24-20-16(11-18(22)21-19(17)20)13-5-3-2-4-6-13/h2-10,12,16H,11H2,1H3,(H,21,22)/t16-/m0/s1. The van der Waals surface area contributed by atoms with Crippen molar-refractivity contribution in [3.63, 3.8) is 0 Å². The first-order chi connectivity index (χ1) is 11.8. The molecule has 0 aliphatic carbocycles. The number of methoxy groups -OCH3 is 1. The molecule has 120 valence electrons. The molecule has 1 aromatic heterocycles. The highest BCUT2D eigenvalue weighted by molar-refractivity contribution is 7.11. The van der Waals surface area contributed by atoms with Crippen molar-refractivity contribution in [2.24, 2.45) is 0 Å². The number of hydrogen-bond donors (Lipinski definition) is 1. The highest BCUT2D eigenvalue weighted by Crippen LogP contribution is 2.46. The summed E-state index contributed by atoms with van der Waals surface area (Å²) in [5.74, 6) is 1.03. The van der Waals surface area contributed by atoms with Crippen molar-refractivity contribution in [3.8, 4) is 16.9 Å². The molecule has 24 heavy (non-hydrogen) atoms. The number of carbonyl (C=O) groups is 1. The number of ether oxygens (including phenoxy) is 1. The van der Waals surface area contributed by atoms with Crippen molar-refractivity contribution in [2.75, 3.05) is 12.4 Å². The van der Waals surface area contributed by atoms with Crippen molar-refractivity contribution in [1.29, 1.82) is 0 Å². The number of carbonyl (C=O) groups excluding carboxylic acids is 1. The fourth-order valence-electron chi connectivity index (χ4n) is 3.16. The zero-order valence-corrected chi connectivity index (χ0v) is 14.1. The van der Waals surface area contributed by atoms with Crippen LogP contribution in [-0.2, 0) is 4.79 Å². The van der Waals surface area contributed by atoms with Crippen LogP contribution in [0.3, 0.4) is 0 Å². The van der Waals surface area contributed by atoms with Gasteiger partial charge >= 0.3 is 0 Å². The molecule has 0 spiro atoms. The molecule has 0 saturated heterocycles. The number of rotatable bonds is 3. The summed E-state index contributed by atoms with van der Waals surface area (Å²) in [6.07, 6.45) is 0.500. The lowest BCUT2D eigenvalue weighted by Gasteiger charge is -2.24. The lowest BCUT2D eigenvalue weighted by atomic mass is 9.89. The van der Waals surface area contributed by atoms with Gasteiger partial charge in [0, 0.05) is 28.2 Å². The number of nitrogens with one attached hydrogen (secondary N) is 1. The molecule has 1 aliphatic heterocycles. The Balaban J connectivity index is 1.78. The summed E-state index contributed by atoms with van der Waals surface area (Å²) in [4.78, 5) is 13.5. The lowest BCUT2D eigenvalue weighted by molar-refractivity contribution is -0.116. The Kier molecular flexibility index (Phi) is 3.82. The van der Waals surface area contributed by atoms with Crippen LogP contribution in [0.2, 0.25) is 0 Å². The topological polar surface area (TPSA) is 38.3 Å². The smallest absolute Gasteiger partial charge is 0.225 e. The minimum atomic E-state index is 0.0736. The molecule has 0 fully saturated rings. The normalized spacial score (nSPS) is 16.4. The third-order valence-electron chi connectivity index (χ3n) is 4.39. The van der Waals surface area contributed by atoms with E-state index in [0.717, 1.165) is 22.6 Å². The van der Waals surface area contributed by atoms with Crippen molar-refractivity contribution >= 4 is 22.9 Å². The molecule has 0 bridgehead atoms. The third-order valence-corrected chi connectivity index (χ3v) is 5.49. The predicted octanol–water partition coefficient (Wildman–Crippen LogP) is 4.90. The Morgan fingerprint density at radius 3 is 2.54 bits per heavy atom. The molecule has 1 aliphatic rings. The van der Waals surface area contributed by atoms with Gasteiger partial charge in [0.25, 0.3) is 0 Å². The van der Waals surface area contributed by atoms with Gasteiger partial charge in [0.1, 0.15) is 5.75 Å². The minimum absolute atomic E-state index is 0.0736. The highest BCUT2D eigenvalue weighted by atomic mass is 32.1. The first-order valence-corrected chi connectivity index (χ1v) is 8.75. The van der Waals surface area contributed by atoms with E-state index in [2.05, 4.69) is 22.8 Å². The molecule has 3 nitrogen and oxygen atoms in total. The van der Waals surface area contributed by atoms with Crippen LogP contribution in [0.5, 0.6) is 5.75 Å². The van der Waals surface area contributed by atoms with Gasteiger partial charge in [0.15, 0.2) is 0 Å². The number of fused-ring (bicyclic) bond motifs is 1. The van der Waals surface area contributed by atoms with E-state index in [-0.39, 0.29) is 11.8 Å². The fourth-order valence-corrected chi connectivity index (χ4v) is 4.33. The van der Waals surface area contributed by atoms with Crippen LogP contribution in [-0.4, -0.2) is 13.0 Å². The maximum atomic E-state index is 12.3. The number of anilines is 1. The fraction of sp³-hybridized carbons (Fsp3) is 0.150. The average molecular weight is 335 g/mol. The van der Waals surface area contributed by atoms with Crippen LogP contribution in [0, 0.1) is 0 Å². The summed E-state index contributed by atoms with van der Waals surface area (Å²) in [5, 5.41) is 5.21. The Hall–Kier alpha value is -2.59. The van der Waals surface area contributed by atoms with Gasteiger partial charge in [-0.3, -0.25) is 4.79 Å². The minimum Gasteiger partial charge on any atom is -0.497 e. The number of thiophene rings is 1. The summed E-state index contributed by atoms with van der Waals surface area (Å²) in [6, 6.07) is 18.2. The van der Waals surface area contributed by atoms with Gasteiger partial charge in [0.05, 0.1) is 12.8 Å². The van der Waals surface area contributed by atoms with E-state index < -0.39 is 0 Å². The van der Waals surface area contributed by atoms with Gasteiger partial charge in [0.2, 0.25) is 5.91 Å². The second kappa shape index (κ2) is 6.13. The molecule has 1 atom stereocenters. The average Bonchev–Trinajstić information content (AvgIpc) is 3.05. The highest BCUT2D eigenvalue weighted by Gasteiger charge is 2.30. The van der Waals surface area contributed by atoms with E-state index in [9.17, 15) is 4.79 Å². The van der Waals surface area contributed by atoms with Gasteiger partial charge in [-0.2, -0.15) is 0 Å². The van der Waals surface area contributed by atoms with Gasteiger partial charge in [-0.15, -0.1) is 11.3 Å². The van der Waals surface area contributed by atoms with Gasteiger partial charge in [-0.05, 0) is 23.3 Å². The Morgan fingerprint density at radius 1 is 1.08 bits per heavy atom. The monoisotopic (exact) mass is 335 g/mol. The first-order valence-electron chi connectivity index (χ1n) is 7.87. The maximum Gasteiger partial charge on any atom is 0.225 e. The first kappa shape index (κ1) is 15.0. The second-order valence-corrected chi connectivity index (χ2v) is 6.74. The Labute approximate surface area is 144 Å². The van der Waals surface area contributed by atoms with Crippen molar-refractivity contribution < 1.29 is 9.53 Å². The van der Waals surface area contributed by atoms with E-state index in [1.165, 1.54) is 10.4 Å².